The summed E-state index contributed by atoms with van der Waals surface area (Å²) in [4.78, 5) is 11.1. The first kappa shape index (κ1) is 14.2. The molecule has 0 aliphatic carbocycles. The number of ether oxygens (including phenoxy) is 1. The fraction of sp³-hybridized carbons (Fsp3) is 0.889. The van der Waals surface area contributed by atoms with Gasteiger partial charge in [0.05, 0.1) is 6.61 Å². The smallest absolute Gasteiger partial charge is 0.421 e. The summed E-state index contributed by atoms with van der Waals surface area (Å²) in [5, 5.41) is 2.94. The molecule has 1 aliphatic heterocycles. The fourth-order valence-corrected chi connectivity index (χ4v) is 3.22. The molecule has 1 atom stereocenters. The maximum Gasteiger partial charge on any atom is 0.421 e. The number of amides is 1. The van der Waals surface area contributed by atoms with E-state index in [9.17, 15) is 13.2 Å². The molecule has 17 heavy (non-hydrogen) atoms. The summed E-state index contributed by atoms with van der Waals surface area (Å²) in [7, 11) is -2.02. The quantitative estimate of drug-likeness (QED) is 0.710. The molecule has 7 nitrogen and oxygen atoms in total. The van der Waals surface area contributed by atoms with Crippen LogP contribution in [-0.2, 0) is 14.9 Å². The number of rotatable bonds is 5. The van der Waals surface area contributed by atoms with E-state index in [0.717, 1.165) is 12.8 Å². The first-order chi connectivity index (χ1) is 8.01. The molecule has 1 amide bonds. The standard InChI is InChI=1S/C9H19N3O4S/c1-3-16-9(13)11-17(14,15)12-6-4-5-8(12)7-10-2/h8,10H,3-7H2,1-2H3,(H,11,13). The molecule has 1 rings (SSSR count). The van der Waals surface area contributed by atoms with Crippen LogP contribution in [0.1, 0.15) is 19.8 Å². The lowest BCUT2D eigenvalue weighted by molar-refractivity contribution is 0.158. The van der Waals surface area contributed by atoms with Crippen molar-refractivity contribution in [2.75, 3.05) is 26.7 Å². The van der Waals surface area contributed by atoms with E-state index in [2.05, 4.69) is 10.1 Å². The summed E-state index contributed by atoms with van der Waals surface area (Å²) < 4.78 is 31.5. The Morgan fingerprint density at radius 3 is 2.82 bits per heavy atom. The van der Waals surface area contributed by atoms with Crippen LogP contribution in [0.2, 0.25) is 0 Å². The maximum absolute atomic E-state index is 11.9. The Labute approximate surface area is 102 Å². The summed E-state index contributed by atoms with van der Waals surface area (Å²) in [5.41, 5.74) is 0. The number of hydrogen-bond donors (Lipinski definition) is 2. The highest BCUT2D eigenvalue weighted by atomic mass is 32.2. The van der Waals surface area contributed by atoms with Gasteiger partial charge in [-0.1, -0.05) is 0 Å². The minimum atomic E-state index is -3.78. The highest BCUT2D eigenvalue weighted by molar-refractivity contribution is 7.87. The zero-order valence-corrected chi connectivity index (χ0v) is 10.9. The van der Waals surface area contributed by atoms with E-state index in [1.54, 1.807) is 14.0 Å². The lowest BCUT2D eigenvalue weighted by atomic mass is 10.2. The van der Waals surface area contributed by atoms with E-state index in [-0.39, 0.29) is 12.6 Å². The van der Waals surface area contributed by atoms with Crippen molar-refractivity contribution in [3.8, 4) is 0 Å². The van der Waals surface area contributed by atoms with Crippen molar-refractivity contribution in [1.82, 2.24) is 14.3 Å². The van der Waals surface area contributed by atoms with Gasteiger partial charge in [-0.05, 0) is 26.8 Å². The second kappa shape index (κ2) is 6.18. The summed E-state index contributed by atoms with van der Waals surface area (Å²) in [6, 6.07) is -0.105. The topological polar surface area (TPSA) is 87.7 Å². The van der Waals surface area contributed by atoms with Crippen LogP contribution in [0.4, 0.5) is 4.79 Å². The maximum atomic E-state index is 11.9. The van der Waals surface area contributed by atoms with E-state index in [1.165, 1.54) is 4.31 Å². The van der Waals surface area contributed by atoms with Gasteiger partial charge in [-0.3, -0.25) is 0 Å². The van der Waals surface area contributed by atoms with Gasteiger partial charge >= 0.3 is 16.3 Å². The van der Waals surface area contributed by atoms with Crippen LogP contribution in [0.3, 0.4) is 0 Å². The molecule has 2 N–H and O–H groups in total. The van der Waals surface area contributed by atoms with E-state index in [0.29, 0.717) is 13.1 Å². The normalized spacial score (nSPS) is 21.4. The van der Waals surface area contributed by atoms with E-state index < -0.39 is 16.3 Å². The second-order valence-electron chi connectivity index (χ2n) is 3.79. The zero-order valence-electron chi connectivity index (χ0n) is 10.1. The van der Waals surface area contributed by atoms with Crippen molar-refractivity contribution in [2.24, 2.45) is 0 Å². The van der Waals surface area contributed by atoms with E-state index >= 15 is 0 Å². The Balaban J connectivity index is 2.65. The third-order valence-electron chi connectivity index (χ3n) is 2.56. The van der Waals surface area contributed by atoms with E-state index in [1.807, 2.05) is 4.72 Å². The Morgan fingerprint density at radius 2 is 2.24 bits per heavy atom. The van der Waals surface area contributed by atoms with Gasteiger partial charge in [0, 0.05) is 19.1 Å². The zero-order chi connectivity index (χ0) is 12.9. The van der Waals surface area contributed by atoms with Crippen molar-refractivity contribution in [3.63, 3.8) is 0 Å². The van der Waals surface area contributed by atoms with Crippen LogP contribution in [0, 0.1) is 0 Å². The lowest BCUT2D eigenvalue weighted by Gasteiger charge is -2.23. The van der Waals surface area contributed by atoms with Crippen LogP contribution in [0.5, 0.6) is 0 Å². The fourth-order valence-electron chi connectivity index (χ4n) is 1.89. The Hall–Kier alpha value is -0.860. The first-order valence-corrected chi connectivity index (χ1v) is 7.06. The largest absolute Gasteiger partial charge is 0.449 e. The number of hydrogen-bond acceptors (Lipinski definition) is 5. The molecule has 1 aliphatic rings. The molecular weight excluding hydrogens is 246 g/mol. The van der Waals surface area contributed by atoms with Gasteiger partial charge in [0.15, 0.2) is 0 Å². The van der Waals surface area contributed by atoms with Crippen molar-refractivity contribution in [2.45, 2.75) is 25.8 Å². The highest BCUT2D eigenvalue weighted by Crippen LogP contribution is 2.19. The highest BCUT2D eigenvalue weighted by Gasteiger charge is 2.34. The monoisotopic (exact) mass is 265 g/mol. The molecule has 0 spiro atoms. The predicted octanol–water partition coefficient (Wildman–Crippen LogP) is -0.339. The van der Waals surface area contributed by atoms with E-state index in [4.69, 9.17) is 0 Å². The summed E-state index contributed by atoms with van der Waals surface area (Å²) in [5.74, 6) is 0. The molecule has 0 radical (unpaired) electrons. The van der Waals surface area contributed by atoms with Crippen LogP contribution in [0.25, 0.3) is 0 Å². The van der Waals surface area contributed by atoms with Crippen molar-refractivity contribution in [3.05, 3.63) is 0 Å². The molecule has 0 saturated carbocycles. The average molecular weight is 265 g/mol. The summed E-state index contributed by atoms with van der Waals surface area (Å²) in [6.07, 6.45) is 0.670. The molecule has 8 heteroatoms. The van der Waals surface area contributed by atoms with Gasteiger partial charge in [-0.25, -0.2) is 9.52 Å². The number of nitrogens with zero attached hydrogens (tertiary/aromatic N) is 1. The van der Waals surface area contributed by atoms with Gasteiger partial charge in [0.2, 0.25) is 0 Å². The van der Waals surface area contributed by atoms with Crippen LogP contribution >= 0.6 is 0 Å². The molecule has 0 aromatic heterocycles. The van der Waals surface area contributed by atoms with Gasteiger partial charge in [0.25, 0.3) is 0 Å². The molecule has 1 saturated heterocycles. The first-order valence-electron chi connectivity index (χ1n) is 5.62. The van der Waals surface area contributed by atoms with Gasteiger partial charge in [0.1, 0.15) is 0 Å². The second-order valence-corrected chi connectivity index (χ2v) is 5.42. The Bertz CT molecular complexity index is 357. The van der Waals surface area contributed by atoms with Crippen molar-refractivity contribution in [1.29, 1.82) is 0 Å². The van der Waals surface area contributed by atoms with Crippen molar-refractivity contribution >= 4 is 16.3 Å². The molecule has 1 fully saturated rings. The number of nitrogens with one attached hydrogen (secondary N) is 2. The molecule has 1 unspecified atom stereocenters. The molecule has 0 aromatic rings. The van der Waals surface area contributed by atoms with Crippen molar-refractivity contribution < 1.29 is 17.9 Å². The van der Waals surface area contributed by atoms with Crippen LogP contribution in [0.15, 0.2) is 0 Å². The molecule has 100 valence electrons. The lowest BCUT2D eigenvalue weighted by Crippen LogP contribution is -2.48. The Morgan fingerprint density at radius 1 is 1.53 bits per heavy atom. The number of carbonyl (C=O) groups is 1. The minimum absolute atomic E-state index is 0.105. The molecule has 0 aromatic carbocycles. The number of carbonyl (C=O) groups excluding carboxylic acids is 1. The van der Waals surface area contributed by atoms with Crippen LogP contribution < -0.4 is 10.0 Å². The third-order valence-corrected chi connectivity index (χ3v) is 4.08. The third kappa shape index (κ3) is 3.83. The molecule has 0 bridgehead atoms. The predicted molar refractivity (Wildman–Crippen MR) is 62.7 cm³/mol. The minimum Gasteiger partial charge on any atom is -0.449 e. The summed E-state index contributed by atoms with van der Waals surface area (Å²) >= 11 is 0. The SMILES string of the molecule is CCOC(=O)NS(=O)(=O)N1CCCC1CNC. The van der Waals surface area contributed by atoms with Gasteiger partial charge in [-0.2, -0.15) is 12.7 Å². The Kier molecular flexibility index (Phi) is 5.16. The summed E-state index contributed by atoms with van der Waals surface area (Å²) in [6.45, 7) is 2.76. The van der Waals surface area contributed by atoms with Gasteiger partial charge < -0.3 is 10.1 Å². The average Bonchev–Trinajstić information content (AvgIpc) is 2.66. The van der Waals surface area contributed by atoms with Crippen LogP contribution in [-0.4, -0.2) is 51.6 Å². The number of likely N-dealkylation sites (N-methyl/N-ethyl adjacent to an activating group) is 1. The molecule has 1 heterocycles. The van der Waals surface area contributed by atoms with Gasteiger partial charge in [-0.15, -0.1) is 0 Å². The molecular formula is C9H19N3O4S.